The monoisotopic (exact) mass is 346 g/mol. The summed E-state index contributed by atoms with van der Waals surface area (Å²) in [4.78, 5) is 12.6. The summed E-state index contributed by atoms with van der Waals surface area (Å²) >= 11 is 0. The third-order valence-corrected chi connectivity index (χ3v) is 4.73. The van der Waals surface area contributed by atoms with Crippen LogP contribution in [0, 0.1) is 32.1 Å². The molecule has 0 atom stereocenters. The first-order valence-corrected chi connectivity index (χ1v) is 8.63. The Morgan fingerprint density at radius 2 is 1.81 bits per heavy atom. The number of nitrogens with one attached hydrogen (secondary N) is 1. The Bertz CT molecular complexity index is 1040. The smallest absolute Gasteiger partial charge is 0.280 e. The normalized spacial score (nSPS) is 11.6. The molecule has 0 radical (unpaired) electrons. The summed E-state index contributed by atoms with van der Waals surface area (Å²) in [6.45, 7) is 8.74. The molecule has 0 unspecified atom stereocenters. The molecule has 0 saturated heterocycles. The molecule has 0 aliphatic rings. The Kier molecular flexibility index (Phi) is 4.68. The number of amides is 1. The van der Waals surface area contributed by atoms with Crippen LogP contribution in [0.5, 0.6) is 0 Å². The van der Waals surface area contributed by atoms with E-state index in [1.54, 1.807) is 10.8 Å². The summed E-state index contributed by atoms with van der Waals surface area (Å²) in [6, 6.07) is 13.9. The van der Waals surface area contributed by atoms with Gasteiger partial charge in [-0.25, -0.2) is 0 Å². The first kappa shape index (κ1) is 17.6. The molecular weight excluding hydrogens is 324 g/mol. The number of aromatic nitrogens is 2. The highest BCUT2D eigenvalue weighted by atomic mass is 16.2. The molecule has 1 amide bonds. The van der Waals surface area contributed by atoms with Crippen LogP contribution >= 0.6 is 0 Å². The maximum Gasteiger partial charge on any atom is 0.280 e. The lowest BCUT2D eigenvalue weighted by atomic mass is 10.1. The van der Waals surface area contributed by atoms with Crippen molar-refractivity contribution in [2.45, 2.75) is 34.2 Å². The van der Waals surface area contributed by atoms with E-state index in [1.165, 1.54) is 0 Å². The highest BCUT2D eigenvalue weighted by Crippen LogP contribution is 2.28. The van der Waals surface area contributed by atoms with Crippen LogP contribution in [0.4, 0.5) is 0 Å². The SMILES string of the molecule is CCn1c(C)c(/C=C(\C#N)C(=O)Nn2c(C)ccc2C)c2ccccc21. The number of rotatable bonds is 4. The molecule has 0 aliphatic heterocycles. The molecule has 0 bridgehead atoms. The number of carbonyl (C=O) groups is 1. The standard InChI is InChI=1S/C21H22N4O/c1-5-24-16(4)19(18-8-6-7-9-20(18)24)12-17(13-22)21(26)23-25-14(2)10-11-15(25)3/h6-12H,5H2,1-4H3,(H,23,26)/b17-12+. The zero-order valence-corrected chi connectivity index (χ0v) is 15.5. The van der Waals surface area contributed by atoms with Gasteiger partial charge in [0.05, 0.1) is 0 Å². The summed E-state index contributed by atoms with van der Waals surface area (Å²) in [5, 5.41) is 10.6. The van der Waals surface area contributed by atoms with Crippen molar-refractivity contribution in [3.05, 3.63) is 64.6 Å². The predicted molar refractivity (Wildman–Crippen MR) is 104 cm³/mol. The van der Waals surface area contributed by atoms with Crippen LogP contribution in [-0.2, 0) is 11.3 Å². The molecule has 0 saturated carbocycles. The maximum atomic E-state index is 12.6. The van der Waals surface area contributed by atoms with Gasteiger partial charge in [-0.05, 0) is 52.0 Å². The van der Waals surface area contributed by atoms with E-state index >= 15 is 0 Å². The van der Waals surface area contributed by atoms with E-state index in [0.29, 0.717) is 0 Å². The second-order valence-corrected chi connectivity index (χ2v) is 6.32. The lowest BCUT2D eigenvalue weighted by molar-refractivity contribution is -0.113. The summed E-state index contributed by atoms with van der Waals surface area (Å²) in [5.41, 5.74) is 7.76. The van der Waals surface area contributed by atoms with Crippen LogP contribution in [0.15, 0.2) is 42.0 Å². The molecular formula is C21H22N4O. The molecule has 0 spiro atoms. The second kappa shape index (κ2) is 6.93. The van der Waals surface area contributed by atoms with Crippen LogP contribution in [0.2, 0.25) is 0 Å². The molecule has 0 fully saturated rings. The van der Waals surface area contributed by atoms with Crippen molar-refractivity contribution in [1.82, 2.24) is 9.24 Å². The minimum Gasteiger partial charge on any atom is -0.345 e. The second-order valence-electron chi connectivity index (χ2n) is 6.32. The van der Waals surface area contributed by atoms with Gasteiger partial charge in [0.15, 0.2) is 0 Å². The van der Waals surface area contributed by atoms with Crippen LogP contribution in [0.25, 0.3) is 17.0 Å². The molecule has 2 aromatic heterocycles. The van der Waals surface area contributed by atoms with Gasteiger partial charge >= 0.3 is 0 Å². The number of hydrogen-bond donors (Lipinski definition) is 1. The lowest BCUT2D eigenvalue weighted by Gasteiger charge is -2.10. The van der Waals surface area contributed by atoms with Gasteiger partial charge in [-0.2, -0.15) is 5.26 Å². The number of para-hydroxylation sites is 1. The van der Waals surface area contributed by atoms with Crippen molar-refractivity contribution in [2.24, 2.45) is 0 Å². The van der Waals surface area contributed by atoms with Crippen LogP contribution in [0.1, 0.15) is 29.6 Å². The van der Waals surface area contributed by atoms with Gasteiger partial charge in [0.1, 0.15) is 11.6 Å². The first-order valence-electron chi connectivity index (χ1n) is 8.63. The van der Waals surface area contributed by atoms with E-state index in [1.807, 2.05) is 57.2 Å². The van der Waals surface area contributed by atoms with Crippen molar-refractivity contribution >= 4 is 22.9 Å². The van der Waals surface area contributed by atoms with E-state index in [-0.39, 0.29) is 5.57 Å². The number of fused-ring (bicyclic) bond motifs is 1. The molecule has 3 rings (SSSR count). The van der Waals surface area contributed by atoms with Gasteiger partial charge in [-0.3, -0.25) is 14.9 Å². The topological polar surface area (TPSA) is 62.8 Å². The zero-order chi connectivity index (χ0) is 18.8. The van der Waals surface area contributed by atoms with Crippen molar-refractivity contribution in [3.8, 4) is 6.07 Å². The van der Waals surface area contributed by atoms with Gasteiger partial charge in [-0.15, -0.1) is 0 Å². The van der Waals surface area contributed by atoms with E-state index in [4.69, 9.17) is 0 Å². The fraction of sp³-hybridized carbons (Fsp3) is 0.238. The molecule has 0 aliphatic carbocycles. The molecule has 26 heavy (non-hydrogen) atoms. The van der Waals surface area contributed by atoms with Crippen molar-refractivity contribution in [3.63, 3.8) is 0 Å². The molecule has 3 aromatic rings. The van der Waals surface area contributed by atoms with Crippen molar-refractivity contribution in [1.29, 1.82) is 5.26 Å². The quantitative estimate of drug-likeness (QED) is 0.572. The molecule has 132 valence electrons. The van der Waals surface area contributed by atoms with E-state index in [2.05, 4.69) is 23.0 Å². The van der Waals surface area contributed by atoms with E-state index in [0.717, 1.165) is 40.1 Å². The highest BCUT2D eigenvalue weighted by molar-refractivity contribution is 6.08. The Morgan fingerprint density at radius 3 is 2.42 bits per heavy atom. The number of carbonyl (C=O) groups excluding carboxylic acids is 1. The third kappa shape index (κ3) is 2.91. The number of aryl methyl sites for hydroxylation is 3. The highest BCUT2D eigenvalue weighted by Gasteiger charge is 2.16. The van der Waals surface area contributed by atoms with Gasteiger partial charge < -0.3 is 4.57 Å². The maximum absolute atomic E-state index is 12.6. The van der Waals surface area contributed by atoms with Gasteiger partial charge in [-0.1, -0.05) is 18.2 Å². The number of hydrogen-bond acceptors (Lipinski definition) is 2. The lowest BCUT2D eigenvalue weighted by Crippen LogP contribution is -2.25. The summed E-state index contributed by atoms with van der Waals surface area (Å²) < 4.78 is 3.88. The Balaban J connectivity index is 2.05. The number of nitriles is 1. The minimum absolute atomic E-state index is 0.0830. The Morgan fingerprint density at radius 1 is 1.15 bits per heavy atom. The molecule has 1 N–H and O–H groups in total. The number of benzene rings is 1. The van der Waals surface area contributed by atoms with Gasteiger partial charge in [0, 0.05) is 40.1 Å². The Hall–Kier alpha value is -3.26. The molecule has 5 nitrogen and oxygen atoms in total. The van der Waals surface area contributed by atoms with E-state index in [9.17, 15) is 10.1 Å². The largest absolute Gasteiger partial charge is 0.345 e. The fourth-order valence-corrected chi connectivity index (χ4v) is 3.35. The summed E-state index contributed by atoms with van der Waals surface area (Å²) in [5.74, 6) is -0.414. The number of nitrogens with zero attached hydrogens (tertiary/aromatic N) is 3. The van der Waals surface area contributed by atoms with Crippen molar-refractivity contribution in [2.75, 3.05) is 5.43 Å². The average Bonchev–Trinajstić information content (AvgIpc) is 3.10. The molecule has 5 heteroatoms. The average molecular weight is 346 g/mol. The molecule has 1 aromatic carbocycles. The third-order valence-electron chi connectivity index (χ3n) is 4.73. The minimum atomic E-state index is -0.414. The zero-order valence-electron chi connectivity index (χ0n) is 15.5. The van der Waals surface area contributed by atoms with Crippen molar-refractivity contribution < 1.29 is 4.79 Å². The molecule has 2 heterocycles. The predicted octanol–water partition coefficient (Wildman–Crippen LogP) is 4.07. The summed E-state index contributed by atoms with van der Waals surface area (Å²) in [6.07, 6.45) is 1.69. The van der Waals surface area contributed by atoms with Crippen LogP contribution < -0.4 is 5.43 Å². The van der Waals surface area contributed by atoms with E-state index < -0.39 is 5.91 Å². The van der Waals surface area contributed by atoms with Gasteiger partial charge in [0.2, 0.25) is 0 Å². The van der Waals surface area contributed by atoms with Crippen LogP contribution in [-0.4, -0.2) is 15.2 Å². The first-order chi connectivity index (χ1) is 12.5. The van der Waals surface area contributed by atoms with Gasteiger partial charge in [0.25, 0.3) is 5.91 Å². The Labute approximate surface area is 153 Å². The fourth-order valence-electron chi connectivity index (χ4n) is 3.35. The van der Waals surface area contributed by atoms with Crippen LogP contribution in [0.3, 0.4) is 0 Å². The summed E-state index contributed by atoms with van der Waals surface area (Å²) in [7, 11) is 0.